The zero-order valence-corrected chi connectivity index (χ0v) is 10.7. The number of rotatable bonds is 1. The lowest BCUT2D eigenvalue weighted by Gasteiger charge is -2.23. The number of hydrogen-bond donors (Lipinski definition) is 1. The quantitative estimate of drug-likeness (QED) is 0.688. The molecular formula is C12H26O3. The number of carbonyl (C=O) groups excluding carboxylic acids is 1. The van der Waals surface area contributed by atoms with E-state index < -0.39 is 0 Å². The van der Waals surface area contributed by atoms with Gasteiger partial charge in [-0.1, -0.05) is 34.1 Å². The number of hydrogen-bond acceptors (Lipinski definition) is 3. The molecule has 0 aromatic rings. The molecule has 2 atom stereocenters. The molecule has 1 aliphatic rings. The Morgan fingerprint density at radius 1 is 1.20 bits per heavy atom. The summed E-state index contributed by atoms with van der Waals surface area (Å²) in [5.41, 5.74) is 0. The minimum absolute atomic E-state index is 0.0660. The van der Waals surface area contributed by atoms with E-state index in [0.717, 1.165) is 19.3 Å². The number of aliphatic hydroxyl groups excluding tert-OH is 1. The molecule has 0 aliphatic heterocycles. The molecule has 3 nitrogen and oxygen atoms in total. The number of aliphatic hydroxyl groups is 1. The summed E-state index contributed by atoms with van der Waals surface area (Å²) < 4.78 is 4.59. The standard InChI is InChI=1S/C8H14O3.2C2H6/c1-11-8(10)6-3-2-4-7(9)5-6;2*1-2/h6-7,9H,2-5H2,1H3;2*1-2H3/t6-,7+;;/m0../s1. The second-order valence-corrected chi connectivity index (χ2v) is 3.04. The number of carbonyl (C=O) groups is 1. The highest BCUT2D eigenvalue weighted by atomic mass is 16.5. The fourth-order valence-electron chi connectivity index (χ4n) is 1.54. The zero-order valence-electron chi connectivity index (χ0n) is 10.7. The average molecular weight is 218 g/mol. The van der Waals surface area contributed by atoms with Crippen molar-refractivity contribution < 1.29 is 14.6 Å². The van der Waals surface area contributed by atoms with Gasteiger partial charge in [0.05, 0.1) is 19.1 Å². The topological polar surface area (TPSA) is 46.5 Å². The summed E-state index contributed by atoms with van der Waals surface area (Å²) in [5.74, 6) is -0.243. The molecule has 0 heterocycles. The highest BCUT2D eigenvalue weighted by Gasteiger charge is 2.26. The normalized spacial score (nSPS) is 23.9. The molecular weight excluding hydrogens is 192 g/mol. The van der Waals surface area contributed by atoms with Crippen LogP contribution in [0.5, 0.6) is 0 Å². The Morgan fingerprint density at radius 3 is 2.13 bits per heavy atom. The predicted molar refractivity (Wildman–Crippen MR) is 62.7 cm³/mol. The van der Waals surface area contributed by atoms with E-state index >= 15 is 0 Å². The summed E-state index contributed by atoms with van der Waals surface area (Å²) in [6.07, 6.45) is 2.90. The summed E-state index contributed by atoms with van der Waals surface area (Å²) in [6.45, 7) is 8.00. The van der Waals surface area contributed by atoms with E-state index in [4.69, 9.17) is 0 Å². The van der Waals surface area contributed by atoms with Crippen LogP contribution >= 0.6 is 0 Å². The lowest BCUT2D eigenvalue weighted by molar-refractivity contribution is -0.147. The Kier molecular flexibility index (Phi) is 12.9. The maximum Gasteiger partial charge on any atom is 0.308 e. The van der Waals surface area contributed by atoms with E-state index in [1.807, 2.05) is 27.7 Å². The fraction of sp³-hybridized carbons (Fsp3) is 0.917. The molecule has 1 aliphatic carbocycles. The van der Waals surface area contributed by atoms with Crippen LogP contribution in [-0.4, -0.2) is 24.3 Å². The van der Waals surface area contributed by atoms with Gasteiger partial charge in [0.1, 0.15) is 0 Å². The number of methoxy groups -OCH3 is 1. The van der Waals surface area contributed by atoms with Crippen LogP contribution in [0.25, 0.3) is 0 Å². The van der Waals surface area contributed by atoms with E-state index in [1.54, 1.807) is 0 Å². The van der Waals surface area contributed by atoms with Crippen molar-refractivity contribution in [3.63, 3.8) is 0 Å². The van der Waals surface area contributed by atoms with Crippen molar-refractivity contribution in [3.8, 4) is 0 Å². The van der Waals surface area contributed by atoms with Gasteiger partial charge in [0.2, 0.25) is 0 Å². The van der Waals surface area contributed by atoms with Crippen LogP contribution in [0, 0.1) is 5.92 Å². The number of ether oxygens (including phenoxy) is 1. The third-order valence-electron chi connectivity index (χ3n) is 2.18. The fourth-order valence-corrected chi connectivity index (χ4v) is 1.54. The van der Waals surface area contributed by atoms with Gasteiger partial charge in [-0.2, -0.15) is 0 Å². The highest BCUT2D eigenvalue weighted by Crippen LogP contribution is 2.24. The molecule has 3 heteroatoms. The first-order chi connectivity index (χ1) is 7.24. The molecule has 0 unspecified atom stereocenters. The summed E-state index contributed by atoms with van der Waals surface area (Å²) in [4.78, 5) is 11.0. The van der Waals surface area contributed by atoms with Crippen LogP contribution < -0.4 is 0 Å². The molecule has 0 bridgehead atoms. The second-order valence-electron chi connectivity index (χ2n) is 3.04. The van der Waals surface area contributed by atoms with E-state index in [1.165, 1.54) is 7.11 Å². The first kappa shape index (κ1) is 16.8. The molecule has 1 saturated carbocycles. The minimum Gasteiger partial charge on any atom is -0.469 e. The maximum absolute atomic E-state index is 11.0. The molecule has 0 aromatic heterocycles. The van der Waals surface area contributed by atoms with Crippen LogP contribution in [-0.2, 0) is 9.53 Å². The van der Waals surface area contributed by atoms with Gasteiger partial charge in [0.25, 0.3) is 0 Å². The molecule has 1 N–H and O–H groups in total. The van der Waals surface area contributed by atoms with Crippen LogP contribution in [0.1, 0.15) is 53.4 Å². The van der Waals surface area contributed by atoms with Gasteiger partial charge in [-0.05, 0) is 19.3 Å². The van der Waals surface area contributed by atoms with Gasteiger partial charge in [-0.25, -0.2) is 0 Å². The van der Waals surface area contributed by atoms with Crippen molar-refractivity contribution in [2.24, 2.45) is 5.92 Å². The molecule has 0 radical (unpaired) electrons. The Labute approximate surface area is 93.8 Å². The van der Waals surface area contributed by atoms with Crippen LogP contribution in [0.2, 0.25) is 0 Å². The molecule has 1 rings (SSSR count). The molecule has 0 spiro atoms. The third-order valence-corrected chi connectivity index (χ3v) is 2.18. The molecule has 0 amide bonds. The SMILES string of the molecule is CC.CC.COC(=O)[C@H]1CCC[C@@H](O)C1. The van der Waals surface area contributed by atoms with Crippen LogP contribution in [0.4, 0.5) is 0 Å². The van der Waals surface area contributed by atoms with Crippen LogP contribution in [0.15, 0.2) is 0 Å². The summed E-state index contributed by atoms with van der Waals surface area (Å²) in [7, 11) is 1.39. The Bertz CT molecular complexity index is 146. The molecule has 0 saturated heterocycles. The maximum atomic E-state index is 11.0. The van der Waals surface area contributed by atoms with Crippen molar-refractivity contribution >= 4 is 5.97 Å². The number of esters is 1. The van der Waals surface area contributed by atoms with Crippen molar-refractivity contribution in [2.75, 3.05) is 7.11 Å². The molecule has 1 fully saturated rings. The van der Waals surface area contributed by atoms with E-state index in [-0.39, 0.29) is 18.0 Å². The first-order valence-electron chi connectivity index (χ1n) is 6.00. The van der Waals surface area contributed by atoms with Gasteiger partial charge in [-0.15, -0.1) is 0 Å². The van der Waals surface area contributed by atoms with Gasteiger partial charge >= 0.3 is 5.97 Å². The van der Waals surface area contributed by atoms with Crippen molar-refractivity contribution in [1.29, 1.82) is 0 Å². The lowest BCUT2D eigenvalue weighted by Crippen LogP contribution is -2.26. The van der Waals surface area contributed by atoms with Crippen LogP contribution in [0.3, 0.4) is 0 Å². The molecule has 92 valence electrons. The smallest absolute Gasteiger partial charge is 0.308 e. The highest BCUT2D eigenvalue weighted by molar-refractivity contribution is 5.72. The minimum atomic E-state index is -0.298. The van der Waals surface area contributed by atoms with E-state index in [0.29, 0.717) is 6.42 Å². The van der Waals surface area contributed by atoms with Crippen molar-refractivity contribution in [3.05, 3.63) is 0 Å². The monoisotopic (exact) mass is 218 g/mol. The predicted octanol–water partition coefficient (Wildman–Crippen LogP) is 2.76. The Balaban J connectivity index is 0. The molecule has 0 aromatic carbocycles. The van der Waals surface area contributed by atoms with Crippen molar-refractivity contribution in [1.82, 2.24) is 0 Å². The van der Waals surface area contributed by atoms with Crippen molar-refractivity contribution in [2.45, 2.75) is 59.5 Å². The van der Waals surface area contributed by atoms with E-state index in [9.17, 15) is 9.90 Å². The van der Waals surface area contributed by atoms with Gasteiger partial charge in [-0.3, -0.25) is 4.79 Å². The lowest BCUT2D eigenvalue weighted by atomic mass is 9.87. The van der Waals surface area contributed by atoms with Gasteiger partial charge < -0.3 is 9.84 Å². The summed E-state index contributed by atoms with van der Waals surface area (Å²) >= 11 is 0. The molecule has 15 heavy (non-hydrogen) atoms. The Morgan fingerprint density at radius 2 is 1.73 bits per heavy atom. The largest absolute Gasteiger partial charge is 0.469 e. The third kappa shape index (κ3) is 7.37. The second kappa shape index (κ2) is 11.5. The Hall–Kier alpha value is -0.570. The van der Waals surface area contributed by atoms with Gasteiger partial charge in [0, 0.05) is 0 Å². The van der Waals surface area contributed by atoms with E-state index in [2.05, 4.69) is 4.74 Å². The summed E-state index contributed by atoms with van der Waals surface area (Å²) in [5, 5.41) is 9.22. The summed E-state index contributed by atoms with van der Waals surface area (Å²) in [6, 6.07) is 0. The average Bonchev–Trinajstić information content (AvgIpc) is 2.33. The van der Waals surface area contributed by atoms with Gasteiger partial charge in [0.15, 0.2) is 0 Å². The first-order valence-corrected chi connectivity index (χ1v) is 6.00. The zero-order chi connectivity index (χ0) is 12.3.